The van der Waals surface area contributed by atoms with E-state index in [9.17, 15) is 4.79 Å². The smallest absolute Gasteiger partial charge is 0.227 e. The van der Waals surface area contributed by atoms with Crippen LogP contribution in [-0.4, -0.2) is 23.9 Å². The van der Waals surface area contributed by atoms with E-state index in [2.05, 4.69) is 13.8 Å². The van der Waals surface area contributed by atoms with Crippen LogP contribution in [0.3, 0.4) is 0 Å². The standard InChI is InChI=1S/C17H24N2O/c1-11(15(18)12-7-5-4-6-8-12)16(20)19-9-13-14(10-19)17(13,2)3/h4-8,11,13-15H,9-10,18H2,1-3H3. The molecule has 108 valence electrons. The molecule has 0 aromatic heterocycles. The second-order valence-electron chi connectivity index (χ2n) is 7.00. The molecule has 0 bridgehead atoms. The van der Waals surface area contributed by atoms with Gasteiger partial charge < -0.3 is 10.6 Å². The van der Waals surface area contributed by atoms with E-state index in [0.717, 1.165) is 18.7 Å². The second-order valence-corrected chi connectivity index (χ2v) is 7.00. The van der Waals surface area contributed by atoms with E-state index in [4.69, 9.17) is 5.73 Å². The molecule has 4 atom stereocenters. The van der Waals surface area contributed by atoms with Crippen LogP contribution in [0.1, 0.15) is 32.4 Å². The average Bonchev–Trinajstić information content (AvgIpc) is 2.85. The molecular weight excluding hydrogens is 248 g/mol. The molecule has 1 aromatic carbocycles. The minimum Gasteiger partial charge on any atom is -0.342 e. The molecule has 3 heteroatoms. The SMILES string of the molecule is CC(C(=O)N1CC2C(C1)C2(C)C)C(N)c1ccccc1. The van der Waals surface area contributed by atoms with E-state index in [0.29, 0.717) is 17.3 Å². The van der Waals surface area contributed by atoms with Crippen LogP contribution in [0.25, 0.3) is 0 Å². The fourth-order valence-electron chi connectivity index (χ4n) is 3.72. The van der Waals surface area contributed by atoms with Crippen molar-refractivity contribution >= 4 is 5.91 Å². The number of carbonyl (C=O) groups excluding carboxylic acids is 1. The van der Waals surface area contributed by atoms with E-state index in [1.54, 1.807) is 0 Å². The second kappa shape index (κ2) is 4.59. The maximum Gasteiger partial charge on any atom is 0.227 e. The Kier molecular flexibility index (Phi) is 3.13. The molecule has 1 heterocycles. The van der Waals surface area contributed by atoms with Gasteiger partial charge in [-0.15, -0.1) is 0 Å². The molecular formula is C17H24N2O. The van der Waals surface area contributed by atoms with Crippen molar-refractivity contribution in [2.45, 2.75) is 26.8 Å². The Balaban J connectivity index is 1.64. The van der Waals surface area contributed by atoms with Crippen LogP contribution in [-0.2, 0) is 4.79 Å². The van der Waals surface area contributed by atoms with E-state index >= 15 is 0 Å². The average molecular weight is 272 g/mol. The van der Waals surface area contributed by atoms with Gasteiger partial charge in [0.25, 0.3) is 0 Å². The van der Waals surface area contributed by atoms with Gasteiger partial charge in [-0.05, 0) is 22.8 Å². The number of hydrogen-bond acceptors (Lipinski definition) is 2. The number of piperidine rings is 1. The number of fused-ring (bicyclic) bond motifs is 1. The number of rotatable bonds is 3. The van der Waals surface area contributed by atoms with Crippen molar-refractivity contribution in [2.75, 3.05) is 13.1 Å². The van der Waals surface area contributed by atoms with Crippen molar-refractivity contribution in [1.29, 1.82) is 0 Å². The Labute approximate surface area is 121 Å². The van der Waals surface area contributed by atoms with Crippen molar-refractivity contribution in [3.63, 3.8) is 0 Å². The molecule has 1 aliphatic carbocycles. The van der Waals surface area contributed by atoms with Crippen LogP contribution in [0.15, 0.2) is 30.3 Å². The van der Waals surface area contributed by atoms with E-state index in [-0.39, 0.29) is 17.9 Å². The number of benzene rings is 1. The van der Waals surface area contributed by atoms with Gasteiger partial charge in [0.15, 0.2) is 0 Å². The summed E-state index contributed by atoms with van der Waals surface area (Å²) in [5.74, 6) is 1.46. The maximum atomic E-state index is 12.6. The number of likely N-dealkylation sites (tertiary alicyclic amines) is 1. The molecule has 1 amide bonds. The molecule has 3 nitrogen and oxygen atoms in total. The summed E-state index contributed by atoms with van der Waals surface area (Å²) in [6.07, 6.45) is 0. The normalized spacial score (nSPS) is 29.7. The fraction of sp³-hybridized carbons (Fsp3) is 0.588. The van der Waals surface area contributed by atoms with E-state index in [1.165, 1.54) is 0 Å². The summed E-state index contributed by atoms with van der Waals surface area (Å²) >= 11 is 0. The minimum atomic E-state index is -0.214. The molecule has 2 fully saturated rings. The number of nitrogens with zero attached hydrogens (tertiary/aromatic N) is 1. The molecule has 0 radical (unpaired) electrons. The quantitative estimate of drug-likeness (QED) is 0.918. The zero-order valence-corrected chi connectivity index (χ0v) is 12.5. The lowest BCUT2D eigenvalue weighted by atomic mass is 9.94. The van der Waals surface area contributed by atoms with Gasteiger partial charge in [0.1, 0.15) is 0 Å². The van der Waals surface area contributed by atoms with E-state index < -0.39 is 0 Å². The first-order chi connectivity index (χ1) is 9.43. The Bertz CT molecular complexity index is 497. The third-order valence-electron chi connectivity index (χ3n) is 5.55. The van der Waals surface area contributed by atoms with Crippen molar-refractivity contribution in [3.05, 3.63) is 35.9 Å². The van der Waals surface area contributed by atoms with Gasteiger partial charge in [0.05, 0.1) is 5.92 Å². The molecule has 0 spiro atoms. The summed E-state index contributed by atoms with van der Waals surface area (Å²) in [6.45, 7) is 8.41. The zero-order valence-electron chi connectivity index (χ0n) is 12.5. The third-order valence-corrected chi connectivity index (χ3v) is 5.55. The Morgan fingerprint density at radius 2 is 1.80 bits per heavy atom. The summed E-state index contributed by atoms with van der Waals surface area (Å²) in [5, 5.41) is 0. The number of nitrogens with two attached hydrogens (primary N) is 1. The highest BCUT2D eigenvalue weighted by atomic mass is 16.2. The first-order valence-corrected chi connectivity index (χ1v) is 7.52. The number of carbonyl (C=O) groups is 1. The van der Waals surface area contributed by atoms with Crippen LogP contribution >= 0.6 is 0 Å². The maximum absolute atomic E-state index is 12.6. The highest BCUT2D eigenvalue weighted by Gasteiger charge is 2.62. The lowest BCUT2D eigenvalue weighted by Crippen LogP contribution is -2.40. The Morgan fingerprint density at radius 3 is 2.35 bits per heavy atom. The third kappa shape index (κ3) is 2.05. The molecule has 1 aliphatic heterocycles. The topological polar surface area (TPSA) is 46.3 Å². The fourth-order valence-corrected chi connectivity index (χ4v) is 3.72. The highest BCUT2D eigenvalue weighted by molar-refractivity contribution is 5.80. The van der Waals surface area contributed by atoms with Crippen LogP contribution in [0.2, 0.25) is 0 Å². The van der Waals surface area contributed by atoms with Crippen molar-refractivity contribution in [3.8, 4) is 0 Å². The van der Waals surface area contributed by atoms with Gasteiger partial charge >= 0.3 is 0 Å². The predicted octanol–water partition coefficient (Wildman–Crippen LogP) is 2.44. The van der Waals surface area contributed by atoms with Gasteiger partial charge in [-0.25, -0.2) is 0 Å². The molecule has 1 aromatic rings. The zero-order chi connectivity index (χ0) is 14.5. The summed E-state index contributed by atoms with van der Waals surface area (Å²) in [6, 6.07) is 9.70. The largest absolute Gasteiger partial charge is 0.342 e. The van der Waals surface area contributed by atoms with Gasteiger partial charge in [-0.1, -0.05) is 51.1 Å². The van der Waals surface area contributed by atoms with Gasteiger partial charge in [-0.3, -0.25) is 4.79 Å². The van der Waals surface area contributed by atoms with Crippen molar-refractivity contribution in [1.82, 2.24) is 4.90 Å². The minimum absolute atomic E-state index is 0.155. The Morgan fingerprint density at radius 1 is 1.25 bits per heavy atom. The Hall–Kier alpha value is -1.35. The predicted molar refractivity (Wildman–Crippen MR) is 79.9 cm³/mol. The lowest BCUT2D eigenvalue weighted by molar-refractivity contribution is -0.135. The van der Waals surface area contributed by atoms with Crippen LogP contribution in [0.5, 0.6) is 0 Å². The van der Waals surface area contributed by atoms with Crippen LogP contribution in [0, 0.1) is 23.2 Å². The molecule has 2 N–H and O–H groups in total. The molecule has 3 rings (SSSR count). The van der Waals surface area contributed by atoms with Crippen LogP contribution < -0.4 is 5.73 Å². The highest BCUT2D eigenvalue weighted by Crippen LogP contribution is 2.62. The monoisotopic (exact) mass is 272 g/mol. The number of amides is 1. The molecule has 20 heavy (non-hydrogen) atoms. The summed E-state index contributed by atoms with van der Waals surface area (Å²) in [7, 11) is 0. The summed E-state index contributed by atoms with van der Waals surface area (Å²) < 4.78 is 0. The van der Waals surface area contributed by atoms with Crippen molar-refractivity contribution in [2.24, 2.45) is 28.9 Å². The first kappa shape index (κ1) is 13.6. The number of hydrogen-bond donors (Lipinski definition) is 1. The lowest BCUT2D eigenvalue weighted by Gasteiger charge is -2.28. The van der Waals surface area contributed by atoms with Gasteiger partial charge in [0.2, 0.25) is 5.91 Å². The molecule has 2 aliphatic rings. The first-order valence-electron chi connectivity index (χ1n) is 7.52. The molecule has 1 saturated heterocycles. The van der Waals surface area contributed by atoms with Gasteiger partial charge in [-0.2, -0.15) is 0 Å². The molecule has 4 unspecified atom stereocenters. The van der Waals surface area contributed by atoms with E-state index in [1.807, 2.05) is 42.2 Å². The van der Waals surface area contributed by atoms with Crippen LogP contribution in [0.4, 0.5) is 0 Å². The molecule has 1 saturated carbocycles. The van der Waals surface area contributed by atoms with Gasteiger partial charge in [0, 0.05) is 19.1 Å². The summed E-state index contributed by atoms with van der Waals surface area (Å²) in [5.41, 5.74) is 7.74. The summed E-state index contributed by atoms with van der Waals surface area (Å²) in [4.78, 5) is 14.6. The van der Waals surface area contributed by atoms with Crippen molar-refractivity contribution < 1.29 is 4.79 Å².